The first-order chi connectivity index (χ1) is 34.0. The zero-order valence-electron chi connectivity index (χ0n) is 39.8. The predicted molar refractivity (Wildman–Crippen MR) is 252 cm³/mol. The van der Waals surface area contributed by atoms with Crippen molar-refractivity contribution in [1.29, 1.82) is 0 Å². The molecule has 6 rings (SSSR count). The average molecular weight is 1140 g/mol. The van der Waals surface area contributed by atoms with E-state index in [1.807, 2.05) is 0 Å². The summed E-state index contributed by atoms with van der Waals surface area (Å²) < 4.78 is 146. The Balaban J connectivity index is 0.00000494. The predicted octanol–water partition coefficient (Wildman–Crippen LogP) is -8.59. The van der Waals surface area contributed by atoms with E-state index in [0.29, 0.717) is 0 Å². The molecule has 0 aliphatic heterocycles. The molecule has 384 valence electrons. The molecule has 0 bridgehead atoms. The van der Waals surface area contributed by atoms with Gasteiger partial charge < -0.3 is 69.7 Å². The standard InChI is InChI=1S/C40H44N12O16S4.3Na/c53-17-13-51(14-18-54)39-47-35(41-27-3-1-5-31(21-27)69(57,58)59)45-37(49-39)43-29-11-9-25(33(23-29)71(63,64)65)7-8-26-10-12-30(24-34(26)72(66,67)68)44-38-46-36(48-40(50-38)52(15-19-55)16-20-56)42-28-4-2-6-32(22-28)70(60,61)62;;;/h1-12,21-24,53-56H,13-20H2,(H,57,58,59)(H,60,61,62)(H,63,64,65)(H,66,67,68)(H2,41,43,45,47,49)(H2,42,44,46,48,50);;;/q;3*+1/p-4/b8-7+;;;. The summed E-state index contributed by atoms with van der Waals surface area (Å²) in [5, 5.41) is 49.5. The topological polar surface area (TPSA) is 442 Å². The number of nitrogens with one attached hydrogen (secondary N) is 4. The summed E-state index contributed by atoms with van der Waals surface area (Å²) in [6, 6.07) is 16.1. The summed E-state index contributed by atoms with van der Waals surface area (Å²) in [5.41, 5.74) is -0.656. The van der Waals surface area contributed by atoms with Crippen LogP contribution in [-0.2, 0) is 40.5 Å². The molecule has 0 atom stereocenters. The van der Waals surface area contributed by atoms with Crippen molar-refractivity contribution < 1.29 is 161 Å². The van der Waals surface area contributed by atoms with Gasteiger partial charge in [-0.25, -0.2) is 33.7 Å². The van der Waals surface area contributed by atoms with Gasteiger partial charge in [0.15, 0.2) is 0 Å². The largest absolute Gasteiger partial charge is 1.00 e. The molecule has 0 fully saturated rings. The molecule has 35 heteroatoms. The number of aliphatic hydroxyl groups is 4. The summed E-state index contributed by atoms with van der Waals surface area (Å²) in [6.45, 7) is -1.99. The maximum atomic E-state index is 12.6. The van der Waals surface area contributed by atoms with Crippen molar-refractivity contribution >= 4 is 111 Å². The van der Waals surface area contributed by atoms with E-state index in [0.717, 1.165) is 60.7 Å². The van der Waals surface area contributed by atoms with E-state index in [9.17, 15) is 72.3 Å². The number of nitrogens with zero attached hydrogens (tertiary/aromatic N) is 8. The Kier molecular flexibility index (Phi) is 24.8. The average Bonchev–Trinajstić information content (AvgIpc) is 3.30. The Bertz CT molecular complexity index is 3210. The zero-order chi connectivity index (χ0) is 52.4. The van der Waals surface area contributed by atoms with E-state index in [2.05, 4.69) is 51.2 Å². The first kappa shape index (κ1) is 65.2. The fraction of sp³-hybridized carbons (Fsp3) is 0.200. The van der Waals surface area contributed by atoms with E-state index >= 15 is 0 Å². The van der Waals surface area contributed by atoms with Gasteiger partial charge in [0, 0.05) is 48.9 Å². The molecular formula is C40H40N12Na3O16S4-. The van der Waals surface area contributed by atoms with Crippen LogP contribution in [0.2, 0.25) is 0 Å². The Labute approximate surface area is 496 Å². The molecule has 0 aliphatic rings. The summed E-state index contributed by atoms with van der Waals surface area (Å²) in [5.74, 6) is -1.40. The van der Waals surface area contributed by atoms with Gasteiger partial charge in [-0.2, -0.15) is 29.9 Å². The van der Waals surface area contributed by atoms with Gasteiger partial charge in [-0.05, 0) is 71.8 Å². The molecule has 0 radical (unpaired) electrons. The second-order valence-electron chi connectivity index (χ2n) is 14.6. The summed E-state index contributed by atoms with van der Waals surface area (Å²) >= 11 is 0. The summed E-state index contributed by atoms with van der Waals surface area (Å²) in [7, 11) is -20.4. The van der Waals surface area contributed by atoms with Crippen molar-refractivity contribution in [3.05, 3.63) is 96.1 Å². The van der Waals surface area contributed by atoms with Crippen LogP contribution < -0.4 is 120 Å². The van der Waals surface area contributed by atoms with Crippen LogP contribution in [0.1, 0.15) is 11.1 Å². The van der Waals surface area contributed by atoms with Crippen LogP contribution >= 0.6 is 0 Å². The SMILES string of the molecule is O=S(=O)([O-])c1cccc(Nc2nc(Nc3ccc(/C=C/c4ccc(Nc5nc(Nc6cccc(S(=O)(=O)[O-])c6)nc(N(CCO)CCO)n5)cc4S(=O)(=O)[O-])c(S(=O)(=O)[O-])c3)nc(N(CCO)CCO)n2)c1.[Na+].[Na+].[Na+]. The number of hydrogen-bond acceptors (Lipinski definition) is 28. The molecule has 0 amide bonds. The maximum absolute atomic E-state index is 12.6. The van der Waals surface area contributed by atoms with Crippen LogP contribution in [0.25, 0.3) is 12.2 Å². The minimum atomic E-state index is -5.31. The van der Waals surface area contributed by atoms with E-state index < -0.39 is 86.5 Å². The first-order valence-corrected chi connectivity index (χ1v) is 26.1. The molecule has 4 aromatic carbocycles. The number of benzene rings is 4. The number of rotatable bonds is 24. The third-order valence-corrected chi connectivity index (χ3v) is 13.0. The second-order valence-corrected chi connectivity index (χ2v) is 20.1. The number of aromatic nitrogens is 6. The molecule has 0 unspecified atom stereocenters. The van der Waals surface area contributed by atoms with Gasteiger partial charge in [0.1, 0.15) is 40.5 Å². The normalized spacial score (nSPS) is 11.7. The third kappa shape index (κ3) is 18.8. The molecule has 0 aliphatic carbocycles. The van der Waals surface area contributed by atoms with Crippen LogP contribution in [0.5, 0.6) is 0 Å². The van der Waals surface area contributed by atoms with Gasteiger partial charge in [0.2, 0.25) is 35.7 Å². The number of anilines is 10. The molecule has 0 saturated heterocycles. The smallest absolute Gasteiger partial charge is 0.744 e. The van der Waals surface area contributed by atoms with Gasteiger partial charge >= 0.3 is 88.7 Å². The molecule has 0 spiro atoms. The van der Waals surface area contributed by atoms with E-state index in [-0.39, 0.29) is 184 Å². The molecule has 8 N–H and O–H groups in total. The summed E-state index contributed by atoms with van der Waals surface area (Å²) in [6.07, 6.45) is 2.10. The fourth-order valence-electron chi connectivity index (χ4n) is 6.43. The van der Waals surface area contributed by atoms with Crippen molar-refractivity contribution in [3.8, 4) is 0 Å². The van der Waals surface area contributed by atoms with Crippen LogP contribution in [0, 0.1) is 0 Å². The van der Waals surface area contributed by atoms with Crippen LogP contribution in [-0.4, -0.2) is 155 Å². The van der Waals surface area contributed by atoms with Gasteiger partial charge in [-0.15, -0.1) is 0 Å². The van der Waals surface area contributed by atoms with Crippen molar-refractivity contribution in [2.24, 2.45) is 0 Å². The second kappa shape index (κ2) is 28.5. The third-order valence-electron chi connectivity index (χ3n) is 9.57. The molecule has 28 nitrogen and oxygen atoms in total. The summed E-state index contributed by atoms with van der Waals surface area (Å²) in [4.78, 5) is 25.3. The van der Waals surface area contributed by atoms with Gasteiger partial charge in [-0.3, -0.25) is 0 Å². The quantitative estimate of drug-likeness (QED) is 0.0158. The molecular weight excluding hydrogens is 1100 g/mol. The van der Waals surface area contributed by atoms with Gasteiger partial charge in [-0.1, -0.05) is 36.4 Å². The van der Waals surface area contributed by atoms with Crippen LogP contribution in [0.4, 0.5) is 58.4 Å². The minimum Gasteiger partial charge on any atom is -0.744 e. The minimum absolute atomic E-state index is 0. The van der Waals surface area contributed by atoms with E-state index in [1.165, 1.54) is 46.2 Å². The Morgan fingerprint density at radius 2 is 0.707 bits per heavy atom. The Morgan fingerprint density at radius 3 is 0.973 bits per heavy atom. The molecule has 6 aromatic rings. The molecule has 2 aromatic heterocycles. The molecule has 2 heterocycles. The molecule has 0 saturated carbocycles. The van der Waals surface area contributed by atoms with Gasteiger partial charge in [0.25, 0.3) is 0 Å². The van der Waals surface area contributed by atoms with Gasteiger partial charge in [0.05, 0.1) is 46.0 Å². The van der Waals surface area contributed by atoms with Crippen molar-refractivity contribution in [2.75, 3.05) is 83.7 Å². The van der Waals surface area contributed by atoms with Crippen LogP contribution in [0.15, 0.2) is 105 Å². The maximum Gasteiger partial charge on any atom is 1.00 e. The monoisotopic (exact) mass is 1140 g/mol. The van der Waals surface area contributed by atoms with E-state index in [1.54, 1.807) is 0 Å². The zero-order valence-corrected chi connectivity index (χ0v) is 49.1. The van der Waals surface area contributed by atoms with Crippen molar-refractivity contribution in [2.45, 2.75) is 19.6 Å². The van der Waals surface area contributed by atoms with E-state index in [4.69, 9.17) is 0 Å². The number of aliphatic hydroxyl groups excluding tert-OH is 4. The number of hydrogen-bond donors (Lipinski definition) is 8. The van der Waals surface area contributed by atoms with Crippen molar-refractivity contribution in [3.63, 3.8) is 0 Å². The van der Waals surface area contributed by atoms with Crippen molar-refractivity contribution in [1.82, 2.24) is 29.9 Å². The Hall–Kier alpha value is -4.08. The molecule has 75 heavy (non-hydrogen) atoms. The Morgan fingerprint density at radius 1 is 0.413 bits per heavy atom. The fourth-order valence-corrected chi connectivity index (χ4v) is 8.85. The first-order valence-electron chi connectivity index (χ1n) is 20.5. The van der Waals surface area contributed by atoms with Crippen LogP contribution in [0.3, 0.4) is 0 Å².